The first-order valence-corrected chi connectivity index (χ1v) is 13.1. The third-order valence-corrected chi connectivity index (χ3v) is 7.38. The van der Waals surface area contributed by atoms with E-state index >= 15 is 0 Å². The molecule has 0 atom stereocenters. The molecular weight excluding hydrogens is 553 g/mol. The highest BCUT2D eigenvalue weighted by atomic mass is 35.5. The van der Waals surface area contributed by atoms with Gasteiger partial charge in [0.05, 0.1) is 38.5 Å². The molecule has 5 aromatic rings. The molecule has 1 aliphatic heterocycles. The van der Waals surface area contributed by atoms with Crippen molar-refractivity contribution in [2.75, 3.05) is 24.0 Å². The van der Waals surface area contributed by atoms with E-state index in [1.165, 1.54) is 19.1 Å². The number of urea groups is 1. The fourth-order valence-electron chi connectivity index (χ4n) is 4.69. The predicted molar refractivity (Wildman–Crippen MR) is 152 cm³/mol. The van der Waals surface area contributed by atoms with Gasteiger partial charge in [0.15, 0.2) is 5.82 Å². The number of hydrogen-bond acceptors (Lipinski definition) is 7. The highest BCUT2D eigenvalue weighted by Gasteiger charge is 2.36. The number of halogens is 2. The average molecular weight is 576 g/mol. The van der Waals surface area contributed by atoms with Gasteiger partial charge in [0.2, 0.25) is 0 Å². The van der Waals surface area contributed by atoms with Crippen molar-refractivity contribution in [3.8, 4) is 11.5 Å². The number of carbonyl (C=O) groups is 1. The summed E-state index contributed by atoms with van der Waals surface area (Å²) in [5.74, 6) is 1.66. The number of para-hydroxylation sites is 1. The zero-order chi connectivity index (χ0) is 27.8. The van der Waals surface area contributed by atoms with Gasteiger partial charge in [0, 0.05) is 17.8 Å². The van der Waals surface area contributed by atoms with Crippen LogP contribution in [0.25, 0.3) is 11.0 Å². The van der Waals surface area contributed by atoms with Gasteiger partial charge in [-0.25, -0.2) is 19.4 Å². The maximum atomic E-state index is 14.2. The minimum Gasteiger partial charge on any atom is -0.495 e. The Morgan fingerprint density at radius 3 is 2.35 bits per heavy atom. The number of methoxy groups -OCH3 is 2. The van der Waals surface area contributed by atoms with E-state index in [9.17, 15) is 4.79 Å². The number of ether oxygens (including phenoxy) is 2. The Morgan fingerprint density at radius 1 is 0.925 bits per heavy atom. The van der Waals surface area contributed by atoms with Gasteiger partial charge in [-0.1, -0.05) is 70.9 Å². The summed E-state index contributed by atoms with van der Waals surface area (Å²) in [6.45, 7) is 0.694. The van der Waals surface area contributed by atoms with E-state index in [-0.39, 0.29) is 41.4 Å². The first-order valence-electron chi connectivity index (χ1n) is 12.3. The summed E-state index contributed by atoms with van der Waals surface area (Å²) < 4.78 is 12.6. The summed E-state index contributed by atoms with van der Waals surface area (Å²) in [7, 11) is 2.97. The van der Waals surface area contributed by atoms with Crippen molar-refractivity contribution in [1.82, 2.24) is 25.0 Å². The quantitative estimate of drug-likeness (QED) is 0.244. The molecule has 0 unspecified atom stereocenters. The Bertz CT molecular complexity index is 1700. The summed E-state index contributed by atoms with van der Waals surface area (Å²) in [5, 5.41) is 8.86. The van der Waals surface area contributed by atoms with E-state index in [0.29, 0.717) is 23.1 Å². The zero-order valence-electron chi connectivity index (χ0n) is 21.6. The van der Waals surface area contributed by atoms with Crippen molar-refractivity contribution in [3.63, 3.8) is 0 Å². The second-order valence-electron chi connectivity index (χ2n) is 9.07. The topological polar surface area (TPSA) is 98.5 Å². The number of carbonyl (C=O) groups excluding carboxylic acids is 1. The van der Waals surface area contributed by atoms with E-state index in [2.05, 4.69) is 15.3 Å². The summed E-state index contributed by atoms with van der Waals surface area (Å²) >= 11 is 13.4. The number of hydrogen-bond donors (Lipinski definition) is 0. The first-order chi connectivity index (χ1) is 19.5. The van der Waals surface area contributed by atoms with E-state index in [4.69, 9.17) is 37.7 Å². The maximum Gasteiger partial charge on any atom is 0.330 e. The van der Waals surface area contributed by atoms with E-state index in [0.717, 1.165) is 22.2 Å². The summed E-state index contributed by atoms with van der Waals surface area (Å²) in [6, 6.07) is 18.6. The molecule has 6 rings (SSSR count). The number of nitrogens with zero attached hydrogens (tertiary/aromatic N) is 7. The van der Waals surface area contributed by atoms with Gasteiger partial charge >= 0.3 is 6.03 Å². The number of amides is 2. The third kappa shape index (κ3) is 4.55. The standard InChI is InChI=1S/C28H23Cl2N7O3/c1-39-21-12-22(40-2)25(30)26(24(21)29)35-15-18-13-31-23(16-37-20-11-7-6-10-19(20)33-34-37)32-27(18)36(28(35)38)14-17-8-4-3-5-9-17/h3-13H,14-16H2,1-2H3. The molecule has 0 saturated carbocycles. The Morgan fingerprint density at radius 2 is 1.62 bits per heavy atom. The van der Waals surface area contributed by atoms with Gasteiger partial charge in [0.1, 0.15) is 39.4 Å². The number of rotatable bonds is 7. The minimum absolute atomic E-state index is 0.141. The summed E-state index contributed by atoms with van der Waals surface area (Å²) in [4.78, 5) is 26.7. The molecular formula is C28H23Cl2N7O3. The minimum atomic E-state index is -0.355. The molecule has 0 bridgehead atoms. The average Bonchev–Trinajstić information content (AvgIpc) is 3.38. The molecule has 3 aromatic carbocycles. The Kier molecular flexibility index (Phi) is 6.87. The fraction of sp³-hybridized carbons (Fsp3) is 0.179. The SMILES string of the molecule is COc1cc(OC)c(Cl)c(N2Cc3cnc(Cn4nnc5ccccc54)nc3N(Cc3ccccc3)C2=O)c1Cl. The number of anilines is 2. The van der Waals surface area contributed by atoms with Crippen molar-refractivity contribution in [2.24, 2.45) is 0 Å². The molecule has 12 heteroatoms. The molecule has 2 aromatic heterocycles. The number of aromatic nitrogens is 5. The highest BCUT2D eigenvalue weighted by molar-refractivity contribution is 6.42. The fourth-order valence-corrected chi connectivity index (χ4v) is 5.39. The van der Waals surface area contributed by atoms with Crippen LogP contribution in [-0.2, 0) is 19.6 Å². The van der Waals surface area contributed by atoms with E-state index in [1.54, 1.807) is 21.8 Å². The Hall–Kier alpha value is -4.41. The molecule has 0 fully saturated rings. The lowest BCUT2D eigenvalue weighted by Gasteiger charge is -2.37. The van der Waals surface area contributed by atoms with Crippen molar-refractivity contribution in [1.29, 1.82) is 0 Å². The van der Waals surface area contributed by atoms with Gasteiger partial charge in [-0.15, -0.1) is 5.10 Å². The molecule has 0 saturated heterocycles. The van der Waals surface area contributed by atoms with Gasteiger partial charge in [-0.05, 0) is 17.7 Å². The van der Waals surface area contributed by atoms with Gasteiger partial charge in [-0.3, -0.25) is 9.80 Å². The van der Waals surface area contributed by atoms with Crippen LogP contribution in [0.1, 0.15) is 17.0 Å². The molecule has 0 radical (unpaired) electrons. The number of fused-ring (bicyclic) bond motifs is 2. The van der Waals surface area contributed by atoms with Crippen molar-refractivity contribution in [2.45, 2.75) is 19.6 Å². The van der Waals surface area contributed by atoms with Crippen LogP contribution < -0.4 is 19.3 Å². The highest BCUT2D eigenvalue weighted by Crippen LogP contribution is 2.48. The molecule has 2 amide bonds. The van der Waals surface area contributed by atoms with Gasteiger partial charge in [-0.2, -0.15) is 0 Å². The molecule has 3 heterocycles. The predicted octanol–water partition coefficient (Wildman–Crippen LogP) is 5.74. The van der Waals surface area contributed by atoms with Crippen LogP contribution in [0.4, 0.5) is 16.3 Å². The largest absolute Gasteiger partial charge is 0.495 e. The van der Waals surface area contributed by atoms with Crippen LogP contribution >= 0.6 is 23.2 Å². The van der Waals surface area contributed by atoms with Crippen LogP contribution in [-0.4, -0.2) is 45.2 Å². The molecule has 0 aliphatic carbocycles. The van der Waals surface area contributed by atoms with E-state index in [1.807, 2.05) is 54.6 Å². The molecule has 0 N–H and O–H groups in total. The third-order valence-electron chi connectivity index (χ3n) is 6.65. The molecule has 202 valence electrons. The van der Waals surface area contributed by atoms with Crippen LogP contribution in [0, 0.1) is 0 Å². The van der Waals surface area contributed by atoms with Gasteiger partial charge in [0.25, 0.3) is 0 Å². The Balaban J connectivity index is 1.44. The Labute approximate surface area is 239 Å². The molecule has 40 heavy (non-hydrogen) atoms. The summed E-state index contributed by atoms with van der Waals surface area (Å²) in [6.07, 6.45) is 1.72. The first kappa shape index (κ1) is 25.8. The molecule has 0 spiro atoms. The van der Waals surface area contributed by atoms with Crippen molar-refractivity contribution >= 4 is 51.8 Å². The lowest BCUT2D eigenvalue weighted by atomic mass is 10.1. The van der Waals surface area contributed by atoms with Crippen molar-refractivity contribution in [3.05, 3.63) is 93.9 Å². The smallest absolute Gasteiger partial charge is 0.330 e. The van der Waals surface area contributed by atoms with Crippen LogP contribution in [0.5, 0.6) is 11.5 Å². The van der Waals surface area contributed by atoms with Crippen LogP contribution in [0.3, 0.4) is 0 Å². The summed E-state index contributed by atoms with van der Waals surface area (Å²) in [5.41, 5.74) is 3.57. The lowest BCUT2D eigenvalue weighted by molar-refractivity contribution is 0.249. The van der Waals surface area contributed by atoms with Gasteiger partial charge < -0.3 is 9.47 Å². The second kappa shape index (κ2) is 10.6. The zero-order valence-corrected chi connectivity index (χ0v) is 23.1. The van der Waals surface area contributed by atoms with E-state index < -0.39 is 0 Å². The monoisotopic (exact) mass is 575 g/mol. The van der Waals surface area contributed by atoms with Crippen LogP contribution in [0.15, 0.2) is 66.9 Å². The maximum absolute atomic E-state index is 14.2. The van der Waals surface area contributed by atoms with Crippen molar-refractivity contribution < 1.29 is 14.3 Å². The normalized spacial score (nSPS) is 13.1. The second-order valence-corrected chi connectivity index (χ2v) is 9.82. The number of benzene rings is 3. The van der Waals surface area contributed by atoms with Crippen LogP contribution in [0.2, 0.25) is 10.0 Å². The molecule has 1 aliphatic rings. The molecule has 10 nitrogen and oxygen atoms in total. The lowest BCUT2D eigenvalue weighted by Crippen LogP contribution is -2.48.